The molecule has 2 heterocycles. The average Bonchev–Trinajstić information content (AvgIpc) is 2.40. The molecule has 0 aliphatic heterocycles. The number of anilines is 2. The zero-order valence-electron chi connectivity index (χ0n) is 9.75. The smallest absolute Gasteiger partial charge is 0.177 e. The van der Waals surface area contributed by atoms with Gasteiger partial charge in [0.1, 0.15) is 17.4 Å². The summed E-state index contributed by atoms with van der Waals surface area (Å²) in [6.07, 6.45) is 3.33. The fraction of sp³-hybridized carbons (Fsp3) is 0.0833. The fourth-order valence-corrected chi connectivity index (χ4v) is 1.52. The third-order valence-corrected chi connectivity index (χ3v) is 2.32. The van der Waals surface area contributed by atoms with Crippen LogP contribution in [0.1, 0.15) is 0 Å². The van der Waals surface area contributed by atoms with Gasteiger partial charge in [-0.15, -0.1) is 0 Å². The molecule has 0 fully saturated rings. The predicted octanol–water partition coefficient (Wildman–Crippen LogP) is 2.29. The molecule has 2 rings (SSSR count). The van der Waals surface area contributed by atoms with Crippen LogP contribution in [0.2, 0.25) is 0 Å². The molecular weight excluding hydrogens is 248 g/mol. The Balaban J connectivity index is 1.99. The van der Waals surface area contributed by atoms with Gasteiger partial charge in [-0.05, 0) is 30.4 Å². The molecule has 92 valence electrons. The van der Waals surface area contributed by atoms with Crippen molar-refractivity contribution in [3.63, 3.8) is 0 Å². The van der Waals surface area contributed by atoms with Crippen LogP contribution in [0.5, 0.6) is 5.75 Å². The molecule has 0 atom stereocenters. The highest BCUT2D eigenvalue weighted by atomic mass is 32.1. The number of hydrogen-bond donors (Lipinski definition) is 2. The Labute approximate surface area is 110 Å². The third kappa shape index (κ3) is 3.39. The quantitative estimate of drug-likeness (QED) is 0.826. The maximum absolute atomic E-state index is 5.15. The lowest BCUT2D eigenvalue weighted by atomic mass is 10.4. The largest absolute Gasteiger partial charge is 0.497 e. The van der Waals surface area contributed by atoms with Crippen LogP contribution in [-0.4, -0.2) is 22.2 Å². The van der Waals surface area contributed by atoms with Gasteiger partial charge in [0, 0.05) is 18.5 Å². The first-order valence-electron chi connectivity index (χ1n) is 5.27. The molecule has 2 aromatic rings. The van der Waals surface area contributed by atoms with Crippen LogP contribution >= 0.6 is 12.2 Å². The third-order valence-electron chi connectivity index (χ3n) is 2.12. The van der Waals surface area contributed by atoms with E-state index < -0.39 is 0 Å². The van der Waals surface area contributed by atoms with E-state index in [4.69, 9.17) is 17.0 Å². The number of nitrogens with one attached hydrogen (secondary N) is 2. The van der Waals surface area contributed by atoms with Crippen molar-refractivity contribution < 1.29 is 4.74 Å². The van der Waals surface area contributed by atoms with Gasteiger partial charge < -0.3 is 15.4 Å². The number of pyridine rings is 2. The number of thiocarbonyl (C=S) groups is 1. The van der Waals surface area contributed by atoms with Gasteiger partial charge in [-0.2, -0.15) is 0 Å². The van der Waals surface area contributed by atoms with Gasteiger partial charge in [-0.3, -0.25) is 0 Å². The van der Waals surface area contributed by atoms with Crippen molar-refractivity contribution in [1.82, 2.24) is 9.97 Å². The Morgan fingerprint density at radius 1 is 1.11 bits per heavy atom. The molecule has 0 saturated heterocycles. The minimum atomic E-state index is 0.425. The zero-order chi connectivity index (χ0) is 12.8. The molecular formula is C12H12N4OS. The molecule has 0 aromatic carbocycles. The molecule has 0 saturated carbocycles. The van der Waals surface area contributed by atoms with Crippen LogP contribution in [0.3, 0.4) is 0 Å². The van der Waals surface area contributed by atoms with E-state index in [2.05, 4.69) is 20.6 Å². The second-order valence-corrected chi connectivity index (χ2v) is 3.78. The van der Waals surface area contributed by atoms with E-state index in [1.807, 2.05) is 18.2 Å². The second-order valence-electron chi connectivity index (χ2n) is 3.38. The van der Waals surface area contributed by atoms with Gasteiger partial charge in [-0.25, -0.2) is 9.97 Å². The standard InChI is InChI=1S/C12H12N4OS/c1-17-9-5-7-14-11(8-9)16-12(18)15-10-4-2-3-6-13-10/h2-8H,1H3,(H2,13,14,15,16,18). The van der Waals surface area contributed by atoms with E-state index in [1.54, 1.807) is 31.6 Å². The zero-order valence-corrected chi connectivity index (χ0v) is 10.6. The Kier molecular flexibility index (Phi) is 4.03. The van der Waals surface area contributed by atoms with Crippen molar-refractivity contribution in [2.24, 2.45) is 0 Å². The van der Waals surface area contributed by atoms with Gasteiger partial charge in [0.15, 0.2) is 5.11 Å². The lowest BCUT2D eigenvalue weighted by molar-refractivity contribution is 0.414. The SMILES string of the molecule is COc1ccnc(NC(=S)Nc2ccccn2)c1. The summed E-state index contributed by atoms with van der Waals surface area (Å²) in [5.41, 5.74) is 0. The molecule has 0 aliphatic rings. The van der Waals surface area contributed by atoms with E-state index in [1.165, 1.54) is 0 Å². The van der Waals surface area contributed by atoms with Crippen LogP contribution in [0.15, 0.2) is 42.7 Å². The van der Waals surface area contributed by atoms with Gasteiger partial charge in [0.2, 0.25) is 0 Å². The first-order chi connectivity index (χ1) is 8.78. The van der Waals surface area contributed by atoms with Crippen LogP contribution in [0.25, 0.3) is 0 Å². The molecule has 5 nitrogen and oxygen atoms in total. The number of hydrogen-bond acceptors (Lipinski definition) is 4. The van der Waals surface area contributed by atoms with Crippen LogP contribution < -0.4 is 15.4 Å². The lowest BCUT2D eigenvalue weighted by Gasteiger charge is -2.09. The molecule has 0 amide bonds. The lowest BCUT2D eigenvalue weighted by Crippen LogP contribution is -2.20. The van der Waals surface area contributed by atoms with E-state index in [-0.39, 0.29) is 0 Å². The summed E-state index contributed by atoms with van der Waals surface area (Å²) in [7, 11) is 1.60. The molecule has 2 N–H and O–H groups in total. The van der Waals surface area contributed by atoms with Crippen LogP contribution in [-0.2, 0) is 0 Å². The minimum Gasteiger partial charge on any atom is -0.497 e. The van der Waals surface area contributed by atoms with Crippen molar-refractivity contribution in [2.75, 3.05) is 17.7 Å². The fourth-order valence-electron chi connectivity index (χ4n) is 1.31. The maximum Gasteiger partial charge on any atom is 0.177 e. The van der Waals surface area contributed by atoms with Crippen molar-refractivity contribution in [3.8, 4) is 5.75 Å². The van der Waals surface area contributed by atoms with Crippen molar-refractivity contribution in [2.45, 2.75) is 0 Å². The van der Waals surface area contributed by atoms with Crippen LogP contribution in [0.4, 0.5) is 11.6 Å². The highest BCUT2D eigenvalue weighted by Crippen LogP contribution is 2.13. The van der Waals surface area contributed by atoms with Crippen molar-refractivity contribution in [1.29, 1.82) is 0 Å². The van der Waals surface area contributed by atoms with Gasteiger partial charge in [0.25, 0.3) is 0 Å². The summed E-state index contributed by atoms with van der Waals surface area (Å²) >= 11 is 5.15. The topological polar surface area (TPSA) is 59.1 Å². The summed E-state index contributed by atoms with van der Waals surface area (Å²) in [6, 6.07) is 9.06. The number of methoxy groups -OCH3 is 1. The first-order valence-corrected chi connectivity index (χ1v) is 5.68. The predicted molar refractivity (Wildman–Crippen MR) is 74.9 cm³/mol. The number of rotatable bonds is 3. The normalized spacial score (nSPS) is 9.61. The van der Waals surface area contributed by atoms with E-state index in [9.17, 15) is 0 Å². The molecule has 0 aliphatic carbocycles. The summed E-state index contributed by atoms with van der Waals surface area (Å²) in [4.78, 5) is 8.24. The molecule has 0 spiro atoms. The van der Waals surface area contributed by atoms with Crippen molar-refractivity contribution in [3.05, 3.63) is 42.7 Å². The van der Waals surface area contributed by atoms with Crippen LogP contribution in [0, 0.1) is 0 Å². The van der Waals surface area contributed by atoms with E-state index >= 15 is 0 Å². The Morgan fingerprint density at radius 3 is 2.61 bits per heavy atom. The second kappa shape index (κ2) is 5.92. The first kappa shape index (κ1) is 12.3. The van der Waals surface area contributed by atoms with Crippen molar-refractivity contribution >= 4 is 29.0 Å². The molecule has 0 radical (unpaired) electrons. The highest BCUT2D eigenvalue weighted by Gasteiger charge is 2.01. The molecule has 6 heteroatoms. The molecule has 0 bridgehead atoms. The highest BCUT2D eigenvalue weighted by molar-refractivity contribution is 7.80. The summed E-state index contributed by atoms with van der Waals surface area (Å²) in [5, 5.41) is 6.34. The molecule has 2 aromatic heterocycles. The van der Waals surface area contributed by atoms with Gasteiger partial charge in [0.05, 0.1) is 7.11 Å². The van der Waals surface area contributed by atoms with E-state index in [0.29, 0.717) is 22.5 Å². The number of aromatic nitrogens is 2. The monoisotopic (exact) mass is 260 g/mol. The molecule has 18 heavy (non-hydrogen) atoms. The Bertz CT molecular complexity index is 533. The summed E-state index contributed by atoms with van der Waals surface area (Å²) in [6.45, 7) is 0. The number of nitrogens with zero attached hydrogens (tertiary/aromatic N) is 2. The summed E-state index contributed by atoms with van der Waals surface area (Å²) in [5.74, 6) is 2.01. The Morgan fingerprint density at radius 2 is 1.89 bits per heavy atom. The maximum atomic E-state index is 5.15. The Hall–Kier alpha value is -2.21. The van der Waals surface area contributed by atoms with Gasteiger partial charge >= 0.3 is 0 Å². The summed E-state index contributed by atoms with van der Waals surface area (Å²) < 4.78 is 5.10. The van der Waals surface area contributed by atoms with E-state index in [0.717, 1.165) is 0 Å². The number of ether oxygens (including phenoxy) is 1. The van der Waals surface area contributed by atoms with Gasteiger partial charge in [-0.1, -0.05) is 6.07 Å². The molecule has 0 unspecified atom stereocenters. The minimum absolute atomic E-state index is 0.425. The average molecular weight is 260 g/mol.